The Labute approximate surface area is 165 Å². The van der Waals surface area contributed by atoms with Crippen LogP contribution in [0.5, 0.6) is 0 Å². The molecule has 9 heteroatoms. The number of hydrogen-bond donors (Lipinski definition) is 1. The maximum absolute atomic E-state index is 4.60. The first-order chi connectivity index (χ1) is 13.1. The Morgan fingerprint density at radius 2 is 2.04 bits per heavy atom. The highest BCUT2D eigenvalue weighted by Crippen LogP contribution is 2.19. The first kappa shape index (κ1) is 19.6. The van der Waals surface area contributed by atoms with Gasteiger partial charge in [0.05, 0.1) is 5.69 Å². The lowest BCUT2D eigenvalue weighted by molar-refractivity contribution is 0.371. The molecular weight excluding hydrogens is 360 g/mol. The molecule has 27 heavy (non-hydrogen) atoms. The summed E-state index contributed by atoms with van der Waals surface area (Å²) in [7, 11) is 1.86. The highest BCUT2D eigenvalue weighted by molar-refractivity contribution is 7.09. The maximum atomic E-state index is 4.60. The van der Waals surface area contributed by atoms with E-state index in [9.17, 15) is 0 Å². The van der Waals surface area contributed by atoms with Crippen LogP contribution in [0.1, 0.15) is 30.6 Å². The number of hydrogen-bond acceptors (Lipinski definition) is 6. The van der Waals surface area contributed by atoms with Crippen LogP contribution in [-0.2, 0) is 13.0 Å². The Bertz CT molecular complexity index is 757. The number of piperazine rings is 1. The molecule has 0 unspecified atom stereocenters. The molecule has 1 saturated heterocycles. The van der Waals surface area contributed by atoms with Crippen molar-refractivity contribution in [2.24, 2.45) is 4.99 Å². The van der Waals surface area contributed by atoms with Crippen molar-refractivity contribution < 1.29 is 0 Å². The molecule has 148 valence electrons. The number of nitrogens with one attached hydrogen (secondary N) is 1. The second-order valence-electron chi connectivity index (χ2n) is 6.80. The van der Waals surface area contributed by atoms with Gasteiger partial charge in [0.2, 0.25) is 5.13 Å². The molecular formula is C18H30N8S. The molecule has 2 aromatic rings. The van der Waals surface area contributed by atoms with Gasteiger partial charge in [-0.25, -0.2) is 4.98 Å². The van der Waals surface area contributed by atoms with Crippen molar-refractivity contribution in [3.05, 3.63) is 23.3 Å². The van der Waals surface area contributed by atoms with E-state index in [1.165, 1.54) is 17.2 Å². The Balaban J connectivity index is 1.42. The fourth-order valence-electron chi connectivity index (χ4n) is 3.29. The Morgan fingerprint density at radius 3 is 2.63 bits per heavy atom. The Kier molecular flexibility index (Phi) is 6.65. The molecule has 0 aliphatic carbocycles. The molecule has 3 rings (SSSR count). The van der Waals surface area contributed by atoms with Crippen LogP contribution in [-0.4, -0.2) is 69.8 Å². The first-order valence-corrected chi connectivity index (χ1v) is 10.4. The molecule has 1 fully saturated rings. The summed E-state index contributed by atoms with van der Waals surface area (Å²) in [5.74, 6) is 1.92. The van der Waals surface area contributed by atoms with Gasteiger partial charge in [0, 0.05) is 70.0 Å². The number of nitrogens with zero attached hydrogens (tertiary/aromatic N) is 7. The molecule has 1 aliphatic rings. The third kappa shape index (κ3) is 4.97. The van der Waals surface area contributed by atoms with Crippen LogP contribution < -0.4 is 10.2 Å². The van der Waals surface area contributed by atoms with E-state index in [0.29, 0.717) is 0 Å². The van der Waals surface area contributed by atoms with Gasteiger partial charge in [-0.3, -0.25) is 9.67 Å². The summed E-state index contributed by atoms with van der Waals surface area (Å²) in [5.41, 5.74) is 2.30. The number of aliphatic imine (C=N–C) groups is 1. The lowest BCUT2D eigenvalue weighted by Gasteiger charge is -2.36. The van der Waals surface area contributed by atoms with Crippen molar-refractivity contribution >= 4 is 22.6 Å². The smallest absolute Gasteiger partial charge is 0.205 e. The summed E-state index contributed by atoms with van der Waals surface area (Å²) in [6.07, 6.45) is 1.91. The molecule has 0 radical (unpaired) electrons. The second-order valence-corrected chi connectivity index (χ2v) is 7.53. The molecule has 1 aliphatic heterocycles. The maximum Gasteiger partial charge on any atom is 0.205 e. The van der Waals surface area contributed by atoms with Crippen molar-refractivity contribution in [2.45, 2.75) is 40.2 Å². The minimum atomic E-state index is 0.890. The molecule has 0 spiro atoms. The van der Waals surface area contributed by atoms with E-state index in [1.54, 1.807) is 0 Å². The number of guanidine groups is 1. The molecule has 0 aromatic carbocycles. The number of rotatable bonds is 6. The van der Waals surface area contributed by atoms with Gasteiger partial charge in [-0.1, -0.05) is 6.92 Å². The average Bonchev–Trinajstić information content (AvgIpc) is 3.28. The minimum Gasteiger partial charge on any atom is -0.356 e. The summed E-state index contributed by atoms with van der Waals surface area (Å²) in [6.45, 7) is 11.8. The number of anilines is 1. The fourth-order valence-corrected chi connectivity index (χ4v) is 4.09. The highest BCUT2D eigenvalue weighted by atomic mass is 32.1. The molecule has 0 atom stereocenters. The zero-order chi connectivity index (χ0) is 19.2. The predicted octanol–water partition coefficient (Wildman–Crippen LogP) is 1.70. The zero-order valence-corrected chi connectivity index (χ0v) is 17.6. The minimum absolute atomic E-state index is 0.890. The summed E-state index contributed by atoms with van der Waals surface area (Å²) in [4.78, 5) is 13.7. The normalized spacial score (nSPS) is 15.5. The van der Waals surface area contributed by atoms with Crippen LogP contribution in [0.15, 0.2) is 11.1 Å². The molecule has 3 heterocycles. The van der Waals surface area contributed by atoms with E-state index < -0.39 is 0 Å². The monoisotopic (exact) mass is 390 g/mol. The van der Waals surface area contributed by atoms with E-state index in [1.807, 2.05) is 14.0 Å². The van der Waals surface area contributed by atoms with Gasteiger partial charge in [-0.15, -0.1) is 0 Å². The average molecular weight is 391 g/mol. The lowest BCUT2D eigenvalue weighted by atomic mass is 10.3. The van der Waals surface area contributed by atoms with E-state index >= 15 is 0 Å². The van der Waals surface area contributed by atoms with Gasteiger partial charge >= 0.3 is 0 Å². The van der Waals surface area contributed by atoms with Crippen molar-refractivity contribution in [3.63, 3.8) is 0 Å². The summed E-state index contributed by atoms with van der Waals surface area (Å²) >= 11 is 1.51. The Hall–Kier alpha value is -2.16. The molecule has 2 aromatic heterocycles. The SMILES string of the molecule is CCc1nsc(N2CCN(C(=NC)NCCCn3nc(C)cc3C)CC2)n1. The highest BCUT2D eigenvalue weighted by Gasteiger charge is 2.21. The number of aryl methyl sites for hydroxylation is 4. The largest absolute Gasteiger partial charge is 0.356 e. The van der Waals surface area contributed by atoms with Gasteiger partial charge < -0.3 is 15.1 Å². The van der Waals surface area contributed by atoms with Crippen LogP contribution in [0.3, 0.4) is 0 Å². The van der Waals surface area contributed by atoms with Crippen molar-refractivity contribution in [2.75, 3.05) is 44.7 Å². The standard InChI is InChI=1S/C18H30N8S/c1-5-16-21-18(27-23-16)25-11-9-24(10-12-25)17(19-4)20-7-6-8-26-15(3)13-14(2)22-26/h13H,5-12H2,1-4H3,(H,19,20). The fraction of sp³-hybridized carbons (Fsp3) is 0.667. The van der Waals surface area contributed by atoms with E-state index in [2.05, 4.69) is 59.2 Å². The topological polar surface area (TPSA) is 74.5 Å². The van der Waals surface area contributed by atoms with E-state index in [4.69, 9.17) is 0 Å². The van der Waals surface area contributed by atoms with Crippen LogP contribution in [0.4, 0.5) is 5.13 Å². The van der Waals surface area contributed by atoms with Crippen molar-refractivity contribution in [1.82, 2.24) is 29.4 Å². The zero-order valence-electron chi connectivity index (χ0n) is 16.8. The van der Waals surface area contributed by atoms with Gasteiger partial charge in [0.1, 0.15) is 5.82 Å². The van der Waals surface area contributed by atoms with Crippen LogP contribution >= 0.6 is 11.5 Å². The van der Waals surface area contributed by atoms with Crippen LogP contribution in [0.2, 0.25) is 0 Å². The third-order valence-electron chi connectivity index (χ3n) is 4.77. The van der Waals surface area contributed by atoms with Crippen molar-refractivity contribution in [3.8, 4) is 0 Å². The Morgan fingerprint density at radius 1 is 1.26 bits per heavy atom. The van der Waals surface area contributed by atoms with E-state index in [0.717, 1.165) is 74.7 Å². The molecule has 0 bridgehead atoms. The first-order valence-electron chi connectivity index (χ1n) is 9.65. The number of aromatic nitrogens is 4. The van der Waals surface area contributed by atoms with Crippen LogP contribution in [0.25, 0.3) is 0 Å². The molecule has 0 saturated carbocycles. The van der Waals surface area contributed by atoms with E-state index in [-0.39, 0.29) is 0 Å². The summed E-state index contributed by atoms with van der Waals surface area (Å²) < 4.78 is 6.47. The van der Waals surface area contributed by atoms with Gasteiger partial charge in [0.25, 0.3) is 0 Å². The summed E-state index contributed by atoms with van der Waals surface area (Å²) in [5, 5.41) is 9.05. The summed E-state index contributed by atoms with van der Waals surface area (Å²) in [6, 6.07) is 2.12. The van der Waals surface area contributed by atoms with Crippen LogP contribution in [0, 0.1) is 13.8 Å². The molecule has 0 amide bonds. The molecule has 8 nitrogen and oxygen atoms in total. The van der Waals surface area contributed by atoms with Gasteiger partial charge in [-0.05, 0) is 26.3 Å². The van der Waals surface area contributed by atoms with Gasteiger partial charge in [-0.2, -0.15) is 9.47 Å². The quantitative estimate of drug-likeness (QED) is 0.460. The predicted molar refractivity (Wildman–Crippen MR) is 111 cm³/mol. The van der Waals surface area contributed by atoms with Gasteiger partial charge in [0.15, 0.2) is 5.96 Å². The van der Waals surface area contributed by atoms with Crippen molar-refractivity contribution in [1.29, 1.82) is 0 Å². The lowest BCUT2D eigenvalue weighted by Crippen LogP contribution is -2.52. The second kappa shape index (κ2) is 9.16. The third-order valence-corrected chi connectivity index (χ3v) is 5.58. The molecule has 1 N–H and O–H groups in total.